The van der Waals surface area contributed by atoms with Crippen LogP contribution in [0.5, 0.6) is 0 Å². The number of hydrogen-bond acceptors (Lipinski definition) is 5. The van der Waals surface area contributed by atoms with Gasteiger partial charge in [-0.1, -0.05) is 95.0 Å². The number of aliphatic carboxylic acids is 1. The third kappa shape index (κ3) is 18.4. The summed E-state index contributed by atoms with van der Waals surface area (Å²) in [7, 11) is 0. The minimum absolute atomic E-state index is 0.141. The molecule has 7 heteroatoms. The van der Waals surface area contributed by atoms with Crippen LogP contribution in [0.3, 0.4) is 0 Å². The van der Waals surface area contributed by atoms with Crippen molar-refractivity contribution >= 4 is 18.0 Å². The van der Waals surface area contributed by atoms with Crippen molar-refractivity contribution in [3.05, 3.63) is 35.9 Å². The van der Waals surface area contributed by atoms with Crippen LogP contribution in [-0.2, 0) is 25.7 Å². The van der Waals surface area contributed by atoms with Gasteiger partial charge in [0, 0.05) is 13.0 Å². The Morgan fingerprint density at radius 3 is 2.14 bits per heavy atom. The van der Waals surface area contributed by atoms with Crippen molar-refractivity contribution in [3.8, 4) is 0 Å². The van der Waals surface area contributed by atoms with Crippen LogP contribution in [-0.4, -0.2) is 35.8 Å². The van der Waals surface area contributed by atoms with Gasteiger partial charge in [-0.15, -0.1) is 0 Å². The van der Waals surface area contributed by atoms with Crippen LogP contribution in [0.15, 0.2) is 30.3 Å². The van der Waals surface area contributed by atoms with E-state index in [-0.39, 0.29) is 25.4 Å². The van der Waals surface area contributed by atoms with Crippen molar-refractivity contribution in [3.63, 3.8) is 0 Å². The van der Waals surface area contributed by atoms with E-state index in [1.807, 2.05) is 30.3 Å². The number of carbonyl (C=O) groups is 3. The number of amides is 1. The largest absolute Gasteiger partial charge is 0.481 e. The molecule has 0 heterocycles. The molecule has 1 aromatic carbocycles. The molecule has 1 atom stereocenters. The number of ether oxygens (including phenoxy) is 2. The molecule has 7 nitrogen and oxygen atoms in total. The topological polar surface area (TPSA) is 102 Å². The van der Waals surface area contributed by atoms with Crippen molar-refractivity contribution in [1.29, 1.82) is 0 Å². The Hall–Kier alpha value is -2.57. The maximum absolute atomic E-state index is 12.2. The monoisotopic (exact) mass is 491 g/mol. The van der Waals surface area contributed by atoms with Crippen LogP contribution in [0.4, 0.5) is 4.79 Å². The SMILES string of the molecule is CCCCCCCCCCC[C@@H](CC(=O)O)OC(=O)CCCCCNC(=O)OCc1ccccc1. The molecule has 0 aromatic heterocycles. The minimum atomic E-state index is -0.941. The molecule has 1 amide bonds. The molecule has 0 bridgehead atoms. The first-order valence-electron chi connectivity index (χ1n) is 13.4. The Morgan fingerprint density at radius 2 is 1.49 bits per heavy atom. The molecule has 35 heavy (non-hydrogen) atoms. The fourth-order valence-corrected chi connectivity index (χ4v) is 3.86. The summed E-state index contributed by atoms with van der Waals surface area (Å²) in [6.45, 7) is 2.92. The summed E-state index contributed by atoms with van der Waals surface area (Å²) >= 11 is 0. The van der Waals surface area contributed by atoms with Crippen LogP contribution in [0.2, 0.25) is 0 Å². The van der Waals surface area contributed by atoms with E-state index >= 15 is 0 Å². The molecule has 1 rings (SSSR count). The van der Waals surface area contributed by atoms with Gasteiger partial charge in [0.2, 0.25) is 0 Å². The molecule has 0 unspecified atom stereocenters. The smallest absolute Gasteiger partial charge is 0.407 e. The normalized spacial score (nSPS) is 11.6. The lowest BCUT2D eigenvalue weighted by atomic mass is 10.0. The second-order valence-corrected chi connectivity index (χ2v) is 9.13. The Labute approximate surface area is 211 Å². The predicted molar refractivity (Wildman–Crippen MR) is 137 cm³/mol. The van der Waals surface area contributed by atoms with E-state index in [2.05, 4.69) is 12.2 Å². The van der Waals surface area contributed by atoms with Crippen molar-refractivity contribution in [1.82, 2.24) is 5.32 Å². The lowest BCUT2D eigenvalue weighted by Gasteiger charge is -2.16. The molecule has 0 aliphatic carbocycles. The number of nitrogens with one attached hydrogen (secondary N) is 1. The predicted octanol–water partition coefficient (Wildman–Crippen LogP) is 6.78. The maximum atomic E-state index is 12.2. The maximum Gasteiger partial charge on any atom is 0.407 e. The zero-order chi connectivity index (χ0) is 25.6. The van der Waals surface area contributed by atoms with Gasteiger partial charge in [0.1, 0.15) is 12.7 Å². The van der Waals surface area contributed by atoms with Crippen LogP contribution < -0.4 is 5.32 Å². The molecule has 0 spiro atoms. The van der Waals surface area contributed by atoms with Gasteiger partial charge in [0.05, 0.1) is 6.42 Å². The lowest BCUT2D eigenvalue weighted by molar-refractivity contribution is -0.153. The Balaban J connectivity index is 2.07. The quantitative estimate of drug-likeness (QED) is 0.145. The number of carboxylic acid groups (broad SMARTS) is 1. The van der Waals surface area contributed by atoms with Crippen LogP contribution in [0, 0.1) is 0 Å². The second kappa shape index (κ2) is 20.8. The van der Waals surface area contributed by atoms with Gasteiger partial charge in [-0.05, 0) is 31.2 Å². The highest BCUT2D eigenvalue weighted by Crippen LogP contribution is 2.15. The molecular formula is C28H45NO6. The summed E-state index contributed by atoms with van der Waals surface area (Å²) in [4.78, 5) is 35.0. The number of esters is 1. The van der Waals surface area contributed by atoms with Gasteiger partial charge >= 0.3 is 18.0 Å². The van der Waals surface area contributed by atoms with Gasteiger partial charge < -0.3 is 19.9 Å². The Bertz CT molecular complexity index is 694. The molecule has 0 radical (unpaired) electrons. The first kappa shape index (κ1) is 30.5. The molecule has 0 fully saturated rings. The summed E-state index contributed by atoms with van der Waals surface area (Å²) in [5.74, 6) is -1.29. The van der Waals surface area contributed by atoms with Gasteiger partial charge in [0.25, 0.3) is 0 Å². The van der Waals surface area contributed by atoms with E-state index in [1.165, 1.54) is 38.5 Å². The minimum Gasteiger partial charge on any atom is -0.481 e. The van der Waals surface area contributed by atoms with E-state index in [0.29, 0.717) is 19.4 Å². The third-order valence-electron chi connectivity index (χ3n) is 5.87. The summed E-state index contributed by atoms with van der Waals surface area (Å²) in [6, 6.07) is 9.48. The van der Waals surface area contributed by atoms with E-state index in [4.69, 9.17) is 14.6 Å². The number of carboxylic acids is 1. The van der Waals surface area contributed by atoms with E-state index in [0.717, 1.165) is 37.7 Å². The fraction of sp³-hybridized carbons (Fsp3) is 0.679. The zero-order valence-corrected chi connectivity index (χ0v) is 21.5. The van der Waals surface area contributed by atoms with Crippen molar-refractivity contribution in [2.75, 3.05) is 6.54 Å². The molecule has 2 N–H and O–H groups in total. The number of unbranched alkanes of at least 4 members (excludes halogenated alkanes) is 10. The number of rotatable bonds is 21. The van der Waals surface area contributed by atoms with Crippen molar-refractivity contribution in [2.45, 2.75) is 116 Å². The van der Waals surface area contributed by atoms with Crippen molar-refractivity contribution < 1.29 is 29.0 Å². The van der Waals surface area contributed by atoms with Crippen LogP contribution >= 0.6 is 0 Å². The highest BCUT2D eigenvalue weighted by molar-refractivity contribution is 5.71. The van der Waals surface area contributed by atoms with Crippen LogP contribution in [0.25, 0.3) is 0 Å². The second-order valence-electron chi connectivity index (χ2n) is 9.13. The fourth-order valence-electron chi connectivity index (χ4n) is 3.86. The third-order valence-corrected chi connectivity index (χ3v) is 5.87. The molecule has 0 aliphatic rings. The lowest BCUT2D eigenvalue weighted by Crippen LogP contribution is -2.25. The average Bonchev–Trinajstić information content (AvgIpc) is 2.84. The molecule has 0 saturated heterocycles. The molecule has 0 saturated carbocycles. The Kier molecular flexibility index (Phi) is 18.1. The van der Waals surface area contributed by atoms with Crippen LogP contribution in [0.1, 0.15) is 109 Å². The number of alkyl carbamates (subject to hydrolysis) is 1. The summed E-state index contributed by atoms with van der Waals surface area (Å²) < 4.78 is 10.6. The molecule has 198 valence electrons. The first-order valence-corrected chi connectivity index (χ1v) is 13.4. The number of hydrogen-bond donors (Lipinski definition) is 2. The Morgan fingerprint density at radius 1 is 0.857 bits per heavy atom. The zero-order valence-electron chi connectivity index (χ0n) is 21.5. The summed E-state index contributed by atoms with van der Waals surface area (Å²) in [5.41, 5.74) is 0.931. The highest BCUT2D eigenvalue weighted by Gasteiger charge is 2.17. The first-order chi connectivity index (χ1) is 17.0. The van der Waals surface area contributed by atoms with E-state index in [9.17, 15) is 14.4 Å². The van der Waals surface area contributed by atoms with E-state index < -0.39 is 18.2 Å². The number of carbonyl (C=O) groups excluding carboxylic acids is 2. The van der Waals surface area contributed by atoms with Gasteiger partial charge in [0.15, 0.2) is 0 Å². The van der Waals surface area contributed by atoms with Crippen molar-refractivity contribution in [2.24, 2.45) is 0 Å². The average molecular weight is 492 g/mol. The summed E-state index contributed by atoms with van der Waals surface area (Å²) in [6.07, 6.45) is 12.5. The van der Waals surface area contributed by atoms with Gasteiger partial charge in [-0.3, -0.25) is 9.59 Å². The molecule has 0 aliphatic heterocycles. The molecular weight excluding hydrogens is 446 g/mol. The van der Waals surface area contributed by atoms with E-state index in [1.54, 1.807) is 0 Å². The van der Waals surface area contributed by atoms with Gasteiger partial charge in [-0.25, -0.2) is 4.79 Å². The summed E-state index contributed by atoms with van der Waals surface area (Å²) in [5, 5.41) is 11.8. The number of benzene rings is 1. The van der Waals surface area contributed by atoms with Gasteiger partial charge in [-0.2, -0.15) is 0 Å². The highest BCUT2D eigenvalue weighted by atomic mass is 16.5. The molecule has 1 aromatic rings. The standard InChI is InChI=1S/C28H45NO6/c1-2-3-4-5-6-7-8-9-14-19-25(22-26(30)31)35-27(32)20-15-11-16-21-29-28(33)34-23-24-17-12-10-13-18-24/h10,12-13,17-18,25H,2-9,11,14-16,19-23H2,1H3,(H,29,33)(H,30,31)/t25-/m0/s1.